The highest BCUT2D eigenvalue weighted by molar-refractivity contribution is 5.92. The molecule has 0 fully saturated rings. The second-order valence-electron chi connectivity index (χ2n) is 9.45. The zero-order valence-corrected chi connectivity index (χ0v) is 21.8. The molecule has 2 amide bonds. The first-order chi connectivity index (χ1) is 19.7. The van der Waals surface area contributed by atoms with Crippen LogP contribution in [0.1, 0.15) is 33.4 Å². The summed E-state index contributed by atoms with van der Waals surface area (Å²) in [6, 6.07) is 19.3. The highest BCUT2D eigenvalue weighted by Crippen LogP contribution is 2.29. The summed E-state index contributed by atoms with van der Waals surface area (Å²) in [7, 11) is 0. The van der Waals surface area contributed by atoms with E-state index in [1.165, 1.54) is 41.2 Å². The van der Waals surface area contributed by atoms with Crippen LogP contribution in [0.25, 0.3) is 22.0 Å². The number of benzene rings is 1. The quantitative estimate of drug-likeness (QED) is 0.304. The maximum absolute atomic E-state index is 14.1. The summed E-state index contributed by atoms with van der Waals surface area (Å²) in [6.07, 6.45) is 2.92. The Labute approximate surface area is 233 Å². The van der Waals surface area contributed by atoms with Gasteiger partial charge in [0.15, 0.2) is 0 Å². The highest BCUT2D eigenvalue weighted by atomic mass is 19.1. The number of aromatic nitrogens is 3. The lowest BCUT2D eigenvalue weighted by atomic mass is 9.95. The second-order valence-corrected chi connectivity index (χ2v) is 9.45. The molecule has 1 atom stereocenters. The van der Waals surface area contributed by atoms with Gasteiger partial charge in [-0.3, -0.25) is 28.9 Å². The number of nitrogens with one attached hydrogen (secondary N) is 1. The van der Waals surface area contributed by atoms with E-state index in [1.807, 2.05) is 0 Å². The number of fused-ring (bicyclic) bond motifs is 1. The Morgan fingerprint density at radius 3 is 2.59 bits per heavy atom. The van der Waals surface area contributed by atoms with E-state index in [1.54, 1.807) is 37.3 Å². The van der Waals surface area contributed by atoms with Crippen LogP contribution in [0.3, 0.4) is 0 Å². The molecular formula is C31H23F2N5O3. The van der Waals surface area contributed by atoms with E-state index in [2.05, 4.69) is 27.4 Å². The topological polar surface area (TPSA) is 120 Å². The second kappa shape index (κ2) is 11.4. The van der Waals surface area contributed by atoms with Gasteiger partial charge in [-0.05, 0) is 72.5 Å². The van der Waals surface area contributed by atoms with Gasteiger partial charge in [-0.15, -0.1) is 0 Å². The van der Waals surface area contributed by atoms with E-state index in [9.17, 15) is 23.2 Å². The van der Waals surface area contributed by atoms with Crippen LogP contribution in [0.4, 0.5) is 8.78 Å². The number of nitrogens with zero attached hydrogens (tertiary/aromatic N) is 3. The van der Waals surface area contributed by atoms with Gasteiger partial charge >= 0.3 is 0 Å². The molecule has 0 saturated carbocycles. The number of primary amides is 1. The third kappa shape index (κ3) is 5.94. The van der Waals surface area contributed by atoms with Crippen LogP contribution < -0.4 is 16.6 Å². The lowest BCUT2D eigenvalue weighted by molar-refractivity contribution is -0.122. The first-order valence-electron chi connectivity index (χ1n) is 12.6. The lowest BCUT2D eigenvalue weighted by Crippen LogP contribution is -2.36. The molecule has 204 valence electrons. The fourth-order valence-electron chi connectivity index (χ4n) is 4.76. The van der Waals surface area contributed by atoms with E-state index in [0.717, 1.165) is 6.07 Å². The molecule has 3 aromatic heterocycles. The van der Waals surface area contributed by atoms with E-state index < -0.39 is 29.5 Å². The van der Waals surface area contributed by atoms with Crippen molar-refractivity contribution < 1.29 is 18.4 Å². The molecule has 0 bridgehead atoms. The smallest absolute Gasteiger partial charge is 0.267 e. The molecule has 0 aliphatic heterocycles. The van der Waals surface area contributed by atoms with Gasteiger partial charge in [0.05, 0.1) is 22.6 Å². The van der Waals surface area contributed by atoms with Crippen molar-refractivity contribution in [3.63, 3.8) is 0 Å². The van der Waals surface area contributed by atoms with Crippen LogP contribution in [0.2, 0.25) is 0 Å². The van der Waals surface area contributed by atoms with Gasteiger partial charge in [0.25, 0.3) is 11.5 Å². The SMILES string of the molecule is Cc1cc(=O)n(CC(=O)NC(Cc2cc(F)cc(F)c2)c2ncccc2-c2ccnc(C(N)=O)c2)c2ccc#cc12. The number of aryl methyl sites for hydroxylation is 1. The summed E-state index contributed by atoms with van der Waals surface area (Å²) in [6.45, 7) is 1.45. The summed E-state index contributed by atoms with van der Waals surface area (Å²) < 4.78 is 29.5. The highest BCUT2D eigenvalue weighted by Gasteiger charge is 2.23. The zero-order chi connectivity index (χ0) is 29.1. The van der Waals surface area contributed by atoms with Crippen LogP contribution >= 0.6 is 0 Å². The van der Waals surface area contributed by atoms with Crippen molar-refractivity contribution in [2.24, 2.45) is 5.73 Å². The Balaban J connectivity index is 1.55. The van der Waals surface area contributed by atoms with Gasteiger partial charge in [-0.2, -0.15) is 0 Å². The van der Waals surface area contributed by atoms with Crippen molar-refractivity contribution in [3.05, 3.63) is 130 Å². The fourth-order valence-corrected chi connectivity index (χ4v) is 4.76. The van der Waals surface area contributed by atoms with Gasteiger partial charge in [-0.25, -0.2) is 8.78 Å². The van der Waals surface area contributed by atoms with Gasteiger partial charge < -0.3 is 11.1 Å². The number of hydrogen-bond acceptors (Lipinski definition) is 5. The van der Waals surface area contributed by atoms with Crippen molar-refractivity contribution in [1.82, 2.24) is 19.9 Å². The molecule has 0 spiro atoms. The van der Waals surface area contributed by atoms with Crippen molar-refractivity contribution >= 4 is 22.7 Å². The molecule has 0 aliphatic rings. The summed E-state index contributed by atoms with van der Waals surface area (Å²) in [5.41, 5.74) is 8.04. The predicted octanol–water partition coefficient (Wildman–Crippen LogP) is 3.84. The number of rotatable bonds is 8. The molecule has 3 heterocycles. The number of carbonyl (C=O) groups excluding carboxylic acids is 2. The van der Waals surface area contributed by atoms with Gasteiger partial charge in [0, 0.05) is 30.1 Å². The minimum atomic E-state index is -0.877. The Hall–Kier alpha value is -5.43. The van der Waals surface area contributed by atoms with Crippen molar-refractivity contribution in [2.75, 3.05) is 0 Å². The Bertz CT molecular complexity index is 1830. The minimum absolute atomic E-state index is 0.0233. The van der Waals surface area contributed by atoms with E-state index in [-0.39, 0.29) is 29.8 Å². The van der Waals surface area contributed by atoms with Crippen molar-refractivity contribution in [3.8, 4) is 11.1 Å². The Morgan fingerprint density at radius 1 is 1.05 bits per heavy atom. The predicted molar refractivity (Wildman–Crippen MR) is 148 cm³/mol. The largest absolute Gasteiger partial charge is 0.364 e. The zero-order valence-electron chi connectivity index (χ0n) is 21.8. The van der Waals surface area contributed by atoms with Crippen LogP contribution in [0, 0.1) is 30.7 Å². The molecule has 2 aromatic carbocycles. The number of nitrogens with two attached hydrogens (primary N) is 1. The first-order valence-corrected chi connectivity index (χ1v) is 12.6. The molecule has 41 heavy (non-hydrogen) atoms. The summed E-state index contributed by atoms with van der Waals surface area (Å²) >= 11 is 0. The number of halogens is 2. The molecule has 5 rings (SSSR count). The minimum Gasteiger partial charge on any atom is -0.364 e. The summed E-state index contributed by atoms with van der Waals surface area (Å²) in [4.78, 5) is 46.5. The molecule has 0 saturated heterocycles. The Kier molecular flexibility index (Phi) is 7.52. The van der Waals surface area contributed by atoms with E-state index in [4.69, 9.17) is 5.73 Å². The number of hydrogen-bond donors (Lipinski definition) is 2. The average molecular weight is 552 g/mol. The lowest BCUT2D eigenvalue weighted by Gasteiger charge is -2.22. The summed E-state index contributed by atoms with van der Waals surface area (Å²) in [5, 5.41) is 3.55. The molecular weight excluding hydrogens is 528 g/mol. The van der Waals surface area contributed by atoms with Crippen LogP contribution in [-0.2, 0) is 17.8 Å². The van der Waals surface area contributed by atoms with E-state index in [0.29, 0.717) is 33.3 Å². The molecule has 3 N–H and O–H groups in total. The first kappa shape index (κ1) is 27.1. The van der Waals surface area contributed by atoms with Crippen LogP contribution in [0.5, 0.6) is 0 Å². The number of pyridine rings is 3. The molecule has 0 aliphatic carbocycles. The number of carbonyl (C=O) groups is 2. The number of amides is 2. The molecule has 1 unspecified atom stereocenters. The van der Waals surface area contributed by atoms with Crippen molar-refractivity contribution in [2.45, 2.75) is 25.9 Å². The maximum Gasteiger partial charge on any atom is 0.267 e. The van der Waals surface area contributed by atoms with Crippen LogP contribution in [0.15, 0.2) is 77.9 Å². The maximum atomic E-state index is 14.1. The fraction of sp³-hybridized carbons (Fsp3) is 0.129. The molecule has 5 aromatic rings. The van der Waals surface area contributed by atoms with Gasteiger partial charge in [-0.1, -0.05) is 18.2 Å². The molecule has 0 radical (unpaired) electrons. The molecule has 8 nitrogen and oxygen atoms in total. The average Bonchev–Trinajstić information content (AvgIpc) is 2.94. The third-order valence-corrected chi connectivity index (χ3v) is 6.56. The standard InChI is InChI=1S/C31H23F2N5O3/c1-18-11-29(40)38(27-7-3-2-5-23(18)27)17-28(39)37-25(14-19-12-21(32)16-22(33)13-19)30-24(6-4-9-36-30)20-8-10-35-26(15-20)31(34)41/h3-4,6-13,15-16,25H,14,17H2,1H3,(H2,34,41)(H,37,39). The van der Waals surface area contributed by atoms with Gasteiger partial charge in [0.2, 0.25) is 5.91 Å². The third-order valence-electron chi connectivity index (χ3n) is 6.56. The monoisotopic (exact) mass is 551 g/mol. The summed E-state index contributed by atoms with van der Waals surface area (Å²) in [5.74, 6) is -2.78. The van der Waals surface area contributed by atoms with Gasteiger partial charge in [0.1, 0.15) is 23.9 Å². The Morgan fingerprint density at radius 2 is 1.83 bits per heavy atom. The van der Waals surface area contributed by atoms with Crippen LogP contribution in [-0.4, -0.2) is 26.3 Å². The molecule has 10 heteroatoms. The van der Waals surface area contributed by atoms with E-state index >= 15 is 0 Å². The van der Waals surface area contributed by atoms with Crippen molar-refractivity contribution in [1.29, 1.82) is 0 Å². The normalized spacial score (nSPS) is 11.6.